The maximum absolute atomic E-state index is 13.0. The molecule has 0 saturated heterocycles. The van der Waals surface area contributed by atoms with E-state index in [2.05, 4.69) is 20.7 Å². The quantitative estimate of drug-likeness (QED) is 0.502. The molecule has 0 aliphatic heterocycles. The number of hydrazone groups is 1. The molecule has 0 radical (unpaired) electrons. The molecule has 2 aromatic rings. The Morgan fingerprint density at radius 2 is 2.09 bits per heavy atom. The van der Waals surface area contributed by atoms with Crippen LogP contribution in [0.3, 0.4) is 0 Å². The molecule has 1 aromatic carbocycles. The highest BCUT2D eigenvalue weighted by Crippen LogP contribution is 2.63. The van der Waals surface area contributed by atoms with E-state index in [1.807, 2.05) is 0 Å². The Kier molecular flexibility index (Phi) is 3.90. The van der Waals surface area contributed by atoms with Gasteiger partial charge in [-0.25, -0.2) is 9.82 Å². The standard InChI is InChI=1S/C15H13Cl2FN4O/c1-14(8-15(14,16)17)13(23)22-20-7-10-6-19-21-12(10)9-2-4-11(18)5-3-9/h2-7H,8H2,1H3,(H,19,21)(H,22,23)/b20-7-/t14-/m0/s1. The molecule has 2 N–H and O–H groups in total. The van der Waals surface area contributed by atoms with E-state index in [0.717, 1.165) is 5.56 Å². The van der Waals surface area contributed by atoms with Crippen molar-refractivity contribution in [3.8, 4) is 11.3 Å². The number of carbonyl (C=O) groups is 1. The highest BCUT2D eigenvalue weighted by atomic mass is 35.5. The summed E-state index contributed by atoms with van der Waals surface area (Å²) in [6.07, 6.45) is 3.40. The molecule has 1 amide bonds. The number of nitrogens with zero attached hydrogens (tertiary/aromatic N) is 2. The fourth-order valence-electron chi connectivity index (χ4n) is 2.17. The summed E-state index contributed by atoms with van der Waals surface area (Å²) in [6.45, 7) is 1.68. The Hall–Kier alpha value is -1.92. The van der Waals surface area contributed by atoms with E-state index < -0.39 is 9.75 Å². The monoisotopic (exact) mass is 354 g/mol. The largest absolute Gasteiger partial charge is 0.277 e. The topological polar surface area (TPSA) is 70.1 Å². The Balaban J connectivity index is 1.71. The lowest BCUT2D eigenvalue weighted by atomic mass is 10.1. The molecule has 1 fully saturated rings. The van der Waals surface area contributed by atoms with Crippen LogP contribution in [0.25, 0.3) is 11.3 Å². The van der Waals surface area contributed by atoms with Gasteiger partial charge in [0.2, 0.25) is 5.91 Å². The third-order valence-electron chi connectivity index (χ3n) is 3.93. The fraction of sp³-hybridized carbons (Fsp3) is 0.267. The van der Waals surface area contributed by atoms with Crippen molar-refractivity contribution in [1.82, 2.24) is 15.6 Å². The van der Waals surface area contributed by atoms with Crippen molar-refractivity contribution in [3.05, 3.63) is 41.8 Å². The lowest BCUT2D eigenvalue weighted by Gasteiger charge is -2.08. The molecule has 0 spiro atoms. The van der Waals surface area contributed by atoms with Gasteiger partial charge in [0, 0.05) is 11.1 Å². The number of aromatic amines is 1. The average molecular weight is 355 g/mol. The van der Waals surface area contributed by atoms with Crippen LogP contribution >= 0.6 is 23.2 Å². The minimum Gasteiger partial charge on any atom is -0.277 e. The number of hydrogen-bond acceptors (Lipinski definition) is 3. The summed E-state index contributed by atoms with van der Waals surface area (Å²) >= 11 is 11.9. The second-order valence-electron chi connectivity index (χ2n) is 5.62. The number of hydrogen-bond donors (Lipinski definition) is 2. The van der Waals surface area contributed by atoms with Crippen molar-refractivity contribution in [2.75, 3.05) is 0 Å². The molecule has 1 atom stereocenters. The van der Waals surface area contributed by atoms with Crippen LogP contribution < -0.4 is 5.43 Å². The van der Waals surface area contributed by atoms with E-state index in [-0.39, 0.29) is 11.7 Å². The Morgan fingerprint density at radius 3 is 2.70 bits per heavy atom. The molecule has 1 heterocycles. The number of H-pyrrole nitrogens is 1. The second-order valence-corrected chi connectivity index (χ2v) is 7.10. The lowest BCUT2D eigenvalue weighted by Crippen LogP contribution is -2.29. The number of amides is 1. The summed E-state index contributed by atoms with van der Waals surface area (Å²) in [5.41, 5.74) is 3.68. The predicted octanol–water partition coefficient (Wildman–Crippen LogP) is 3.25. The molecule has 8 heteroatoms. The first kappa shape index (κ1) is 16.0. The SMILES string of the molecule is C[C@@]1(C(=O)N/N=C\c2cn[nH]c2-c2ccc(F)cc2)CC1(Cl)Cl. The molecule has 1 aliphatic rings. The van der Waals surface area contributed by atoms with Gasteiger partial charge in [0.1, 0.15) is 10.2 Å². The van der Waals surface area contributed by atoms with E-state index in [9.17, 15) is 9.18 Å². The van der Waals surface area contributed by atoms with Crippen molar-refractivity contribution in [2.24, 2.45) is 10.5 Å². The lowest BCUT2D eigenvalue weighted by molar-refractivity contribution is -0.125. The number of carbonyl (C=O) groups excluding carboxylic acids is 1. The third kappa shape index (κ3) is 2.96. The maximum atomic E-state index is 13.0. The minimum absolute atomic E-state index is 0.320. The zero-order valence-corrected chi connectivity index (χ0v) is 13.6. The first-order chi connectivity index (χ1) is 10.8. The van der Waals surface area contributed by atoms with Crippen LogP contribution in [-0.4, -0.2) is 26.7 Å². The third-order valence-corrected chi connectivity index (χ3v) is 5.03. The Morgan fingerprint density at radius 1 is 1.43 bits per heavy atom. The molecule has 1 aromatic heterocycles. The molecule has 1 saturated carbocycles. The van der Waals surface area contributed by atoms with Gasteiger partial charge in [-0.15, -0.1) is 23.2 Å². The highest BCUT2D eigenvalue weighted by Gasteiger charge is 2.68. The summed E-state index contributed by atoms with van der Waals surface area (Å²) in [6, 6.07) is 5.96. The number of nitrogens with one attached hydrogen (secondary N) is 2. The van der Waals surface area contributed by atoms with Crippen LogP contribution in [0.2, 0.25) is 0 Å². The first-order valence-electron chi connectivity index (χ1n) is 6.84. The smallest absolute Gasteiger partial charge is 0.249 e. The van der Waals surface area contributed by atoms with Crippen LogP contribution in [0.1, 0.15) is 18.9 Å². The molecule has 23 heavy (non-hydrogen) atoms. The van der Waals surface area contributed by atoms with Gasteiger partial charge in [0.15, 0.2) is 0 Å². The zero-order chi connectivity index (χ0) is 16.7. The molecule has 5 nitrogen and oxygen atoms in total. The Bertz CT molecular complexity index is 772. The van der Waals surface area contributed by atoms with Crippen LogP contribution in [0.4, 0.5) is 4.39 Å². The van der Waals surface area contributed by atoms with E-state index in [4.69, 9.17) is 23.2 Å². The number of aromatic nitrogens is 2. The molecular formula is C15H13Cl2FN4O. The number of rotatable bonds is 4. The molecular weight excluding hydrogens is 342 g/mol. The van der Waals surface area contributed by atoms with E-state index in [1.54, 1.807) is 25.3 Å². The van der Waals surface area contributed by atoms with Crippen LogP contribution in [0, 0.1) is 11.2 Å². The Labute approximate surface area is 141 Å². The summed E-state index contributed by atoms with van der Waals surface area (Å²) < 4.78 is 11.9. The van der Waals surface area contributed by atoms with Gasteiger partial charge >= 0.3 is 0 Å². The molecule has 120 valence electrons. The van der Waals surface area contributed by atoms with Crippen molar-refractivity contribution in [3.63, 3.8) is 0 Å². The van der Waals surface area contributed by atoms with Crippen molar-refractivity contribution < 1.29 is 9.18 Å². The van der Waals surface area contributed by atoms with Gasteiger partial charge in [-0.05, 0) is 37.6 Å². The molecule has 0 bridgehead atoms. The average Bonchev–Trinajstić information content (AvgIpc) is 2.86. The molecule has 3 rings (SSSR count). The van der Waals surface area contributed by atoms with Gasteiger partial charge in [-0.2, -0.15) is 10.2 Å². The minimum atomic E-state index is -1.04. The maximum Gasteiger partial charge on any atom is 0.249 e. The van der Waals surface area contributed by atoms with Crippen molar-refractivity contribution in [1.29, 1.82) is 0 Å². The summed E-state index contributed by atoms with van der Waals surface area (Å²) in [7, 11) is 0. The van der Waals surface area contributed by atoms with Gasteiger partial charge < -0.3 is 0 Å². The molecule has 0 unspecified atom stereocenters. The van der Waals surface area contributed by atoms with Crippen LogP contribution in [0.5, 0.6) is 0 Å². The summed E-state index contributed by atoms with van der Waals surface area (Å²) in [4.78, 5) is 12.0. The normalized spacial score (nSPS) is 22.3. The number of halogens is 3. The van der Waals surface area contributed by atoms with E-state index in [0.29, 0.717) is 17.7 Å². The fourth-order valence-corrected chi connectivity index (χ4v) is 2.88. The predicted molar refractivity (Wildman–Crippen MR) is 86.9 cm³/mol. The van der Waals surface area contributed by atoms with Crippen LogP contribution in [0.15, 0.2) is 35.6 Å². The van der Waals surface area contributed by atoms with Gasteiger partial charge in [-0.1, -0.05) is 0 Å². The first-order valence-corrected chi connectivity index (χ1v) is 7.60. The van der Waals surface area contributed by atoms with Crippen molar-refractivity contribution >= 4 is 35.3 Å². The van der Waals surface area contributed by atoms with Crippen molar-refractivity contribution in [2.45, 2.75) is 17.7 Å². The zero-order valence-electron chi connectivity index (χ0n) is 12.1. The summed E-state index contributed by atoms with van der Waals surface area (Å²) in [5.74, 6) is -0.662. The van der Waals surface area contributed by atoms with Crippen LogP contribution in [-0.2, 0) is 4.79 Å². The van der Waals surface area contributed by atoms with Gasteiger partial charge in [0.05, 0.1) is 23.5 Å². The highest BCUT2D eigenvalue weighted by molar-refractivity contribution is 6.53. The van der Waals surface area contributed by atoms with Gasteiger partial charge in [-0.3, -0.25) is 9.89 Å². The summed E-state index contributed by atoms with van der Waals surface area (Å²) in [5, 5.41) is 10.7. The number of alkyl halides is 2. The van der Waals surface area contributed by atoms with E-state index in [1.165, 1.54) is 18.3 Å². The van der Waals surface area contributed by atoms with Gasteiger partial charge in [0.25, 0.3) is 0 Å². The second kappa shape index (κ2) is 5.62. The molecule has 1 aliphatic carbocycles. The number of benzene rings is 1. The van der Waals surface area contributed by atoms with E-state index >= 15 is 0 Å².